The Morgan fingerprint density at radius 2 is 1.32 bits per heavy atom. The van der Waals surface area contributed by atoms with E-state index in [1.54, 1.807) is 37.3 Å². The number of nitrogens with zero attached hydrogens (tertiary/aromatic N) is 4. The topological polar surface area (TPSA) is 380 Å². The summed E-state index contributed by atoms with van der Waals surface area (Å²) < 4.78 is 0. The molecular formula is C47H71N15O9S. The van der Waals surface area contributed by atoms with Crippen molar-refractivity contribution in [2.24, 2.45) is 34.0 Å². The highest BCUT2D eigenvalue weighted by Crippen LogP contribution is 2.22. The number of carboxylic acids is 1. The lowest BCUT2D eigenvalue weighted by Gasteiger charge is -2.33. The second kappa shape index (κ2) is 28.7. The molecule has 0 bridgehead atoms. The third-order valence-electron chi connectivity index (χ3n) is 12.2. The first-order valence-electron chi connectivity index (χ1n) is 24.1. The van der Waals surface area contributed by atoms with Gasteiger partial charge in [-0.05, 0) is 49.5 Å². The van der Waals surface area contributed by atoms with Gasteiger partial charge in [-0.1, -0.05) is 64.4 Å². The van der Waals surface area contributed by atoms with Crippen LogP contribution in [0.15, 0.2) is 60.4 Å². The Balaban J connectivity index is 1.59. The molecule has 25 heteroatoms. The van der Waals surface area contributed by atoms with E-state index in [9.17, 15) is 43.5 Å². The Morgan fingerprint density at radius 1 is 0.778 bits per heavy atom. The molecule has 0 unspecified atom stereocenters. The van der Waals surface area contributed by atoms with Gasteiger partial charge in [0.2, 0.25) is 41.4 Å². The number of aromatic nitrogens is 4. The molecule has 24 nitrogen and oxygen atoms in total. The molecule has 0 aliphatic carbocycles. The predicted octanol–water partition coefficient (Wildman–Crippen LogP) is -1.45. The zero-order chi connectivity index (χ0) is 52.9. The lowest BCUT2D eigenvalue weighted by molar-refractivity contribution is -0.143. The monoisotopic (exact) mass is 1020 g/mol. The van der Waals surface area contributed by atoms with Crippen molar-refractivity contribution >= 4 is 65.9 Å². The van der Waals surface area contributed by atoms with Crippen LogP contribution in [0.3, 0.4) is 0 Å². The third-order valence-corrected chi connectivity index (χ3v) is 12.6. The number of rotatable bonds is 29. The molecular weight excluding hydrogens is 951 g/mol. The largest absolute Gasteiger partial charge is 0.480 e. The van der Waals surface area contributed by atoms with Crippen molar-refractivity contribution in [2.45, 2.75) is 134 Å². The molecule has 1 aromatic carbocycles. The van der Waals surface area contributed by atoms with E-state index < -0.39 is 102 Å². The van der Waals surface area contributed by atoms with E-state index in [2.05, 4.69) is 69.5 Å². The van der Waals surface area contributed by atoms with E-state index in [0.717, 1.165) is 0 Å². The van der Waals surface area contributed by atoms with Crippen molar-refractivity contribution in [1.82, 2.24) is 56.7 Å². The minimum absolute atomic E-state index is 0.0243. The standard InChI is InChI=1S/C47H71N15O9S/c1-5-27(4)38(61-43(67)35(20-30-22-52-25-55-30)57-39(63)31(48)17-26(2)3)45(69)62-16-10-14-37(62)44(68)59-33(18-28-11-7-6-8-12-28)41(65)56-32(13-9-15-53-47(49)50)40(64)58-34(19-29-21-51-24-54-29)42(66)60-36(23-72)46(70)71/h6-8,11-12,21-22,24-27,31-38,72H,5,9-10,13-20,23,48H2,1-4H3,(H,51,54)(H,52,55)(H,56,65)(H,57,63)(H,58,64)(H,59,68)(H,60,66)(H,61,67)(H,70,71)(H4,49,50,53)/t27-,31-,32-,33-,34-,35-,36-,37-,38-/m0/s1. The van der Waals surface area contributed by atoms with Crippen molar-refractivity contribution in [1.29, 1.82) is 0 Å². The quantitative estimate of drug-likeness (QED) is 0.0164. The van der Waals surface area contributed by atoms with Gasteiger partial charge in [-0.25, -0.2) is 14.8 Å². The van der Waals surface area contributed by atoms with Gasteiger partial charge in [-0.15, -0.1) is 0 Å². The Labute approximate surface area is 423 Å². The van der Waals surface area contributed by atoms with Gasteiger partial charge in [0.25, 0.3) is 0 Å². The Hall–Kier alpha value is -7.02. The summed E-state index contributed by atoms with van der Waals surface area (Å²) >= 11 is 4.03. The van der Waals surface area contributed by atoms with E-state index in [1.165, 1.54) is 29.9 Å². The van der Waals surface area contributed by atoms with Gasteiger partial charge in [-0.3, -0.25) is 38.6 Å². The first-order chi connectivity index (χ1) is 34.3. The summed E-state index contributed by atoms with van der Waals surface area (Å²) in [5.74, 6) is -6.87. The molecule has 1 aliphatic heterocycles. The fourth-order valence-corrected chi connectivity index (χ4v) is 8.31. The number of likely N-dealkylation sites (tertiary alicyclic amines) is 1. The van der Waals surface area contributed by atoms with Gasteiger partial charge in [0.1, 0.15) is 42.3 Å². The number of thiol groups is 1. The van der Waals surface area contributed by atoms with E-state index in [-0.39, 0.29) is 69.2 Å². The van der Waals surface area contributed by atoms with Crippen molar-refractivity contribution in [3.05, 3.63) is 72.3 Å². The predicted molar refractivity (Wildman–Crippen MR) is 269 cm³/mol. The number of aromatic amines is 2. The maximum Gasteiger partial charge on any atom is 0.327 e. The lowest BCUT2D eigenvalue weighted by Crippen LogP contribution is -2.61. The molecule has 1 aliphatic rings. The summed E-state index contributed by atoms with van der Waals surface area (Å²) in [5.41, 5.74) is 18.9. The van der Waals surface area contributed by atoms with E-state index in [1.807, 2.05) is 20.8 Å². The fraction of sp³-hybridized carbons (Fsp3) is 0.553. The van der Waals surface area contributed by atoms with Crippen molar-refractivity contribution in [2.75, 3.05) is 18.8 Å². The van der Waals surface area contributed by atoms with Crippen LogP contribution in [-0.2, 0) is 57.6 Å². The average molecular weight is 1020 g/mol. The van der Waals surface area contributed by atoms with Crippen LogP contribution < -0.4 is 49.1 Å². The van der Waals surface area contributed by atoms with Gasteiger partial charge in [0.05, 0.1) is 18.7 Å². The molecule has 3 aromatic rings. The first kappa shape index (κ1) is 57.6. The minimum atomic E-state index is -1.38. The van der Waals surface area contributed by atoms with Crippen LogP contribution in [-0.4, -0.2) is 150 Å². The van der Waals surface area contributed by atoms with Gasteiger partial charge in [-0.2, -0.15) is 12.6 Å². The molecule has 3 heterocycles. The fourth-order valence-electron chi connectivity index (χ4n) is 8.07. The van der Waals surface area contributed by atoms with Gasteiger partial charge < -0.3 is 69.1 Å². The van der Waals surface area contributed by atoms with Crippen LogP contribution in [0.2, 0.25) is 0 Å². The van der Waals surface area contributed by atoms with Crippen LogP contribution >= 0.6 is 12.6 Å². The smallest absolute Gasteiger partial charge is 0.327 e. The molecule has 7 amide bonds. The van der Waals surface area contributed by atoms with Gasteiger partial charge in [0, 0.05) is 61.9 Å². The molecule has 0 spiro atoms. The van der Waals surface area contributed by atoms with Crippen molar-refractivity contribution in [3.8, 4) is 0 Å². The number of nitrogens with one attached hydrogen (secondary N) is 8. The molecule has 394 valence electrons. The molecule has 0 radical (unpaired) electrons. The number of aliphatic carboxylic acids is 1. The van der Waals surface area contributed by atoms with Gasteiger partial charge in [0.15, 0.2) is 5.96 Å². The number of nitrogens with two attached hydrogens (primary N) is 3. The Kier molecular flexibility index (Phi) is 23.0. The highest BCUT2D eigenvalue weighted by molar-refractivity contribution is 7.80. The number of hydrogen-bond donors (Lipinski definition) is 13. The summed E-state index contributed by atoms with van der Waals surface area (Å²) in [7, 11) is 0. The highest BCUT2D eigenvalue weighted by Gasteiger charge is 2.41. The Morgan fingerprint density at radius 3 is 1.85 bits per heavy atom. The summed E-state index contributed by atoms with van der Waals surface area (Å²) in [6, 6.07) is -0.764. The van der Waals surface area contributed by atoms with Gasteiger partial charge >= 0.3 is 5.97 Å². The number of imidazole rings is 2. The molecule has 4 rings (SSSR count). The normalized spacial score (nSPS) is 16.7. The summed E-state index contributed by atoms with van der Waals surface area (Å²) in [6.07, 6.45) is 7.25. The highest BCUT2D eigenvalue weighted by atomic mass is 32.1. The number of carbonyl (C=O) groups is 8. The SMILES string of the molecule is CC[C@H](C)[C@H](NC(=O)[C@H](Cc1cnc[nH]1)NC(=O)[C@@H](N)CC(C)C)C(=O)N1CCC[C@H]1C(=O)N[C@@H](Cc1ccccc1)C(=O)N[C@@H](CCCN=C(N)N)C(=O)N[C@@H](Cc1cnc[nH]1)C(=O)N[C@@H](CS)C(=O)O. The zero-order valence-corrected chi connectivity index (χ0v) is 42.0. The number of amides is 7. The lowest BCUT2D eigenvalue weighted by atomic mass is 9.96. The van der Waals surface area contributed by atoms with Crippen molar-refractivity contribution < 1.29 is 43.5 Å². The first-order valence-corrected chi connectivity index (χ1v) is 24.7. The molecule has 9 atom stereocenters. The minimum Gasteiger partial charge on any atom is -0.480 e. The summed E-state index contributed by atoms with van der Waals surface area (Å²) in [4.78, 5) is 130. The van der Waals surface area contributed by atoms with E-state index in [0.29, 0.717) is 36.2 Å². The molecule has 72 heavy (non-hydrogen) atoms. The van der Waals surface area contributed by atoms with Crippen molar-refractivity contribution in [3.63, 3.8) is 0 Å². The number of guanidine groups is 1. The summed E-state index contributed by atoms with van der Waals surface area (Å²) in [5, 5.41) is 25.8. The van der Waals surface area contributed by atoms with Crippen LogP contribution in [0.1, 0.15) is 83.2 Å². The Bertz CT molecular complexity index is 2280. The maximum atomic E-state index is 14.6. The molecule has 1 fully saturated rings. The zero-order valence-electron chi connectivity index (χ0n) is 41.1. The van der Waals surface area contributed by atoms with Crippen LogP contribution in [0.4, 0.5) is 0 Å². The second-order valence-corrected chi connectivity index (χ2v) is 18.7. The molecule has 2 aromatic heterocycles. The molecule has 15 N–H and O–H groups in total. The number of H-pyrrole nitrogens is 2. The van der Waals surface area contributed by atoms with Crippen LogP contribution in [0.5, 0.6) is 0 Å². The van der Waals surface area contributed by atoms with E-state index >= 15 is 0 Å². The number of benzene rings is 1. The van der Waals surface area contributed by atoms with E-state index in [4.69, 9.17) is 17.2 Å². The average Bonchev–Trinajstić information content (AvgIpc) is 4.17. The maximum absolute atomic E-state index is 14.6. The third kappa shape index (κ3) is 18.0. The number of aliphatic imine (C=N–C) groups is 1. The molecule has 1 saturated heterocycles. The number of carboxylic acid groups (broad SMARTS) is 1. The number of carbonyl (C=O) groups excluding carboxylic acids is 7. The number of hydrogen-bond acceptors (Lipinski definition) is 13. The second-order valence-electron chi connectivity index (χ2n) is 18.3. The molecule has 0 saturated carbocycles. The summed E-state index contributed by atoms with van der Waals surface area (Å²) in [6.45, 7) is 7.73. The van der Waals surface area contributed by atoms with Crippen LogP contribution in [0.25, 0.3) is 0 Å². The van der Waals surface area contributed by atoms with Crippen LogP contribution in [0, 0.1) is 11.8 Å².